The van der Waals surface area contributed by atoms with E-state index in [4.69, 9.17) is 0 Å². The molecule has 1 saturated carbocycles. The maximum Gasteiger partial charge on any atom is 0.258 e. The van der Waals surface area contributed by atoms with Gasteiger partial charge >= 0.3 is 0 Å². The van der Waals surface area contributed by atoms with Crippen LogP contribution in [0.25, 0.3) is 16.6 Å². The fourth-order valence-corrected chi connectivity index (χ4v) is 3.80. The van der Waals surface area contributed by atoms with Crippen molar-refractivity contribution in [2.24, 2.45) is 0 Å². The molecule has 1 aliphatic rings. The standard InChI is InChI=1S/C25H22FN3O/c1-28(25(30)21-10-8-19(9-11-21)18-6-7-18)22-12-13-29-24(14-22)23(16-27-29)20-4-2-17(15-26)3-5-20/h2-5,8-14,16,18H,6-7,15H2,1H3. The number of benzene rings is 2. The quantitative estimate of drug-likeness (QED) is 0.436. The zero-order valence-corrected chi connectivity index (χ0v) is 16.8. The molecule has 5 rings (SSSR count). The Balaban J connectivity index is 1.45. The summed E-state index contributed by atoms with van der Waals surface area (Å²) in [4.78, 5) is 14.7. The largest absolute Gasteiger partial charge is 0.311 e. The van der Waals surface area contributed by atoms with Crippen LogP contribution in [0, 0.1) is 0 Å². The molecule has 0 spiro atoms. The Bertz CT molecular complexity index is 1210. The van der Waals surface area contributed by atoms with Gasteiger partial charge in [-0.15, -0.1) is 0 Å². The van der Waals surface area contributed by atoms with Crippen LogP contribution in [-0.2, 0) is 6.67 Å². The minimum atomic E-state index is -0.478. The lowest BCUT2D eigenvalue weighted by molar-refractivity contribution is 0.0993. The molecule has 1 fully saturated rings. The van der Waals surface area contributed by atoms with Crippen LogP contribution in [0.1, 0.15) is 40.2 Å². The van der Waals surface area contributed by atoms with E-state index in [0.29, 0.717) is 17.0 Å². The van der Waals surface area contributed by atoms with Crippen LogP contribution in [0.4, 0.5) is 10.1 Å². The van der Waals surface area contributed by atoms with E-state index in [1.165, 1.54) is 18.4 Å². The van der Waals surface area contributed by atoms with Crippen molar-refractivity contribution in [3.63, 3.8) is 0 Å². The molecule has 150 valence electrons. The van der Waals surface area contributed by atoms with E-state index in [1.54, 1.807) is 34.8 Å². The number of hydrogen-bond acceptors (Lipinski definition) is 2. The Labute approximate surface area is 174 Å². The molecule has 0 saturated heterocycles. The number of carbonyl (C=O) groups excluding carboxylic acids is 1. The molecule has 4 aromatic rings. The summed E-state index contributed by atoms with van der Waals surface area (Å²) in [5.41, 5.74) is 6.23. The van der Waals surface area contributed by atoms with Crippen LogP contribution < -0.4 is 4.90 Å². The third kappa shape index (κ3) is 3.36. The predicted octanol–water partition coefficient (Wildman–Crippen LogP) is 5.62. The third-order valence-corrected chi connectivity index (χ3v) is 5.82. The molecule has 0 bridgehead atoms. The lowest BCUT2D eigenvalue weighted by Gasteiger charge is -2.18. The molecule has 4 nitrogen and oxygen atoms in total. The molecule has 0 radical (unpaired) electrons. The number of amides is 1. The molecular weight excluding hydrogens is 377 g/mol. The number of rotatable bonds is 5. The number of anilines is 1. The van der Waals surface area contributed by atoms with Gasteiger partial charge in [-0.05, 0) is 59.7 Å². The van der Waals surface area contributed by atoms with Gasteiger partial charge in [-0.2, -0.15) is 5.10 Å². The van der Waals surface area contributed by atoms with Gasteiger partial charge in [0.05, 0.1) is 11.7 Å². The minimum Gasteiger partial charge on any atom is -0.311 e. The van der Waals surface area contributed by atoms with E-state index in [0.717, 1.165) is 22.3 Å². The number of hydrogen-bond donors (Lipinski definition) is 0. The molecule has 2 aromatic carbocycles. The molecule has 2 aromatic heterocycles. The van der Waals surface area contributed by atoms with Gasteiger partial charge in [0, 0.05) is 30.1 Å². The number of nitrogens with zero attached hydrogens (tertiary/aromatic N) is 3. The summed E-state index contributed by atoms with van der Waals surface area (Å²) in [6, 6.07) is 19.2. The predicted molar refractivity (Wildman–Crippen MR) is 117 cm³/mol. The first-order chi connectivity index (χ1) is 14.6. The molecule has 2 heterocycles. The summed E-state index contributed by atoms with van der Waals surface area (Å²) in [6.07, 6.45) is 6.14. The van der Waals surface area contributed by atoms with E-state index in [2.05, 4.69) is 17.2 Å². The summed E-state index contributed by atoms with van der Waals surface area (Å²) in [5.74, 6) is 0.628. The first-order valence-electron chi connectivity index (χ1n) is 10.1. The van der Waals surface area contributed by atoms with Gasteiger partial charge in [-0.3, -0.25) is 4.79 Å². The fourth-order valence-electron chi connectivity index (χ4n) is 3.80. The lowest BCUT2D eigenvalue weighted by atomic mass is 10.1. The second kappa shape index (κ2) is 7.41. The molecule has 30 heavy (non-hydrogen) atoms. The highest BCUT2D eigenvalue weighted by Crippen LogP contribution is 2.40. The van der Waals surface area contributed by atoms with Crippen LogP contribution in [0.3, 0.4) is 0 Å². The van der Waals surface area contributed by atoms with Crippen LogP contribution in [0.5, 0.6) is 0 Å². The lowest BCUT2D eigenvalue weighted by Crippen LogP contribution is -2.26. The Morgan fingerprint density at radius 1 is 1.10 bits per heavy atom. The van der Waals surface area contributed by atoms with Gasteiger partial charge in [-0.1, -0.05) is 36.4 Å². The zero-order chi connectivity index (χ0) is 20.7. The number of pyridine rings is 1. The molecule has 0 unspecified atom stereocenters. The average molecular weight is 399 g/mol. The van der Waals surface area contributed by atoms with Gasteiger partial charge in [0.25, 0.3) is 5.91 Å². The number of carbonyl (C=O) groups is 1. The van der Waals surface area contributed by atoms with Crippen molar-refractivity contribution in [3.05, 3.63) is 89.7 Å². The Morgan fingerprint density at radius 2 is 1.83 bits per heavy atom. The second-order valence-corrected chi connectivity index (χ2v) is 7.86. The van der Waals surface area contributed by atoms with Gasteiger partial charge in [0.2, 0.25) is 0 Å². The molecule has 1 aliphatic carbocycles. The highest BCUT2D eigenvalue weighted by atomic mass is 19.1. The van der Waals surface area contributed by atoms with E-state index >= 15 is 0 Å². The van der Waals surface area contributed by atoms with Crippen molar-refractivity contribution in [2.45, 2.75) is 25.4 Å². The monoisotopic (exact) mass is 399 g/mol. The maximum absolute atomic E-state index is 13.0. The SMILES string of the molecule is CN(C(=O)c1ccc(C2CC2)cc1)c1ccn2ncc(-c3ccc(CF)cc3)c2c1. The Morgan fingerprint density at radius 3 is 2.50 bits per heavy atom. The summed E-state index contributed by atoms with van der Waals surface area (Å²) in [7, 11) is 1.79. The number of aromatic nitrogens is 2. The topological polar surface area (TPSA) is 37.6 Å². The summed E-state index contributed by atoms with van der Waals surface area (Å²) >= 11 is 0. The Kier molecular flexibility index (Phi) is 4.58. The van der Waals surface area contributed by atoms with Crippen molar-refractivity contribution < 1.29 is 9.18 Å². The van der Waals surface area contributed by atoms with Crippen LogP contribution >= 0.6 is 0 Å². The van der Waals surface area contributed by atoms with Gasteiger partial charge in [0.15, 0.2) is 0 Å². The van der Waals surface area contributed by atoms with E-state index in [-0.39, 0.29) is 5.91 Å². The number of fused-ring (bicyclic) bond motifs is 1. The van der Waals surface area contributed by atoms with Crippen LogP contribution in [0.2, 0.25) is 0 Å². The van der Waals surface area contributed by atoms with Gasteiger partial charge in [0.1, 0.15) is 6.67 Å². The van der Waals surface area contributed by atoms with Crippen molar-refractivity contribution in [1.29, 1.82) is 0 Å². The summed E-state index contributed by atoms with van der Waals surface area (Å²) in [6.45, 7) is -0.478. The molecule has 5 heteroatoms. The highest BCUT2D eigenvalue weighted by molar-refractivity contribution is 6.06. The smallest absolute Gasteiger partial charge is 0.258 e. The minimum absolute atomic E-state index is 0.0462. The molecular formula is C25H22FN3O. The number of halogens is 1. The first-order valence-corrected chi connectivity index (χ1v) is 10.1. The highest BCUT2D eigenvalue weighted by Gasteiger charge is 2.23. The van der Waals surface area contributed by atoms with E-state index in [1.807, 2.05) is 42.6 Å². The fraction of sp³-hybridized carbons (Fsp3) is 0.200. The molecule has 0 N–H and O–H groups in total. The molecule has 0 aliphatic heterocycles. The van der Waals surface area contributed by atoms with Gasteiger partial charge in [-0.25, -0.2) is 8.91 Å². The van der Waals surface area contributed by atoms with Gasteiger partial charge < -0.3 is 4.90 Å². The molecule has 0 atom stereocenters. The van der Waals surface area contributed by atoms with E-state index in [9.17, 15) is 9.18 Å². The third-order valence-electron chi connectivity index (χ3n) is 5.82. The van der Waals surface area contributed by atoms with Crippen molar-refractivity contribution in [3.8, 4) is 11.1 Å². The first kappa shape index (κ1) is 18.6. The van der Waals surface area contributed by atoms with Crippen molar-refractivity contribution >= 4 is 17.1 Å². The summed E-state index contributed by atoms with van der Waals surface area (Å²) in [5, 5.41) is 4.41. The van der Waals surface area contributed by atoms with Crippen molar-refractivity contribution in [2.75, 3.05) is 11.9 Å². The van der Waals surface area contributed by atoms with Crippen LogP contribution in [-0.4, -0.2) is 22.6 Å². The Hall–Kier alpha value is -3.47. The second-order valence-electron chi connectivity index (χ2n) is 7.86. The van der Waals surface area contributed by atoms with Crippen LogP contribution in [0.15, 0.2) is 73.1 Å². The van der Waals surface area contributed by atoms with Crippen molar-refractivity contribution in [1.82, 2.24) is 9.61 Å². The van der Waals surface area contributed by atoms with E-state index < -0.39 is 6.67 Å². The number of alkyl halides is 1. The maximum atomic E-state index is 13.0. The molecule has 1 amide bonds. The zero-order valence-electron chi connectivity index (χ0n) is 16.8. The summed E-state index contributed by atoms with van der Waals surface area (Å²) < 4.78 is 14.6. The normalized spacial score (nSPS) is 13.5. The average Bonchev–Trinajstić information content (AvgIpc) is 3.57.